The van der Waals surface area contributed by atoms with Gasteiger partial charge in [-0.15, -0.1) is 0 Å². The Hall–Kier alpha value is -1.62. The summed E-state index contributed by atoms with van der Waals surface area (Å²) in [5.41, 5.74) is 3.68. The summed E-state index contributed by atoms with van der Waals surface area (Å²) in [6.45, 7) is 7.64. The second kappa shape index (κ2) is 11.2. The van der Waals surface area contributed by atoms with E-state index in [-0.39, 0.29) is 36.5 Å². The zero-order chi connectivity index (χ0) is 24.4. The molecule has 198 valence electrons. The van der Waals surface area contributed by atoms with Gasteiger partial charge in [0.05, 0.1) is 25.2 Å². The number of piperazine rings is 1. The largest absolute Gasteiger partial charge is 0.453 e. The third-order valence-corrected chi connectivity index (χ3v) is 9.05. The van der Waals surface area contributed by atoms with Crippen molar-refractivity contribution in [2.24, 2.45) is 11.8 Å². The van der Waals surface area contributed by atoms with E-state index in [9.17, 15) is 9.59 Å². The van der Waals surface area contributed by atoms with Crippen molar-refractivity contribution in [1.29, 1.82) is 0 Å². The first-order chi connectivity index (χ1) is 17.0. The van der Waals surface area contributed by atoms with Gasteiger partial charge in [0.1, 0.15) is 0 Å². The normalized spacial score (nSPS) is 37.1. The Morgan fingerprint density at radius 2 is 1.71 bits per heavy atom. The Balaban J connectivity index is 1.28. The second-order valence-corrected chi connectivity index (χ2v) is 11.2. The van der Waals surface area contributed by atoms with Crippen molar-refractivity contribution in [3.05, 3.63) is 0 Å². The Labute approximate surface area is 209 Å². The number of amides is 2. The van der Waals surface area contributed by atoms with Crippen molar-refractivity contribution in [1.82, 2.24) is 30.9 Å². The Kier molecular flexibility index (Phi) is 8.01. The van der Waals surface area contributed by atoms with Crippen molar-refractivity contribution in [2.45, 2.75) is 88.7 Å². The van der Waals surface area contributed by atoms with Gasteiger partial charge < -0.3 is 19.7 Å². The summed E-state index contributed by atoms with van der Waals surface area (Å²) in [6.07, 6.45) is 7.58. The molecular formula is C25H44N6O4. The van der Waals surface area contributed by atoms with Crippen LogP contribution in [-0.4, -0.2) is 104 Å². The molecular weight excluding hydrogens is 448 g/mol. The van der Waals surface area contributed by atoms with E-state index in [0.717, 1.165) is 71.2 Å². The first-order valence-corrected chi connectivity index (χ1v) is 13.8. The molecule has 5 unspecified atom stereocenters. The Morgan fingerprint density at radius 3 is 2.46 bits per heavy atom. The van der Waals surface area contributed by atoms with E-state index in [1.807, 2.05) is 16.7 Å². The highest BCUT2D eigenvalue weighted by Gasteiger charge is 2.50. The van der Waals surface area contributed by atoms with Crippen LogP contribution in [0.15, 0.2) is 0 Å². The Morgan fingerprint density at radius 1 is 0.886 bits per heavy atom. The maximum atomic E-state index is 13.4. The number of ether oxygens (including phenoxy) is 2. The molecule has 1 aliphatic carbocycles. The average Bonchev–Trinajstić information content (AvgIpc) is 3.39. The predicted octanol–water partition coefficient (Wildman–Crippen LogP) is 1.72. The van der Waals surface area contributed by atoms with Crippen molar-refractivity contribution in [2.75, 3.05) is 46.4 Å². The monoisotopic (exact) mass is 492 g/mol. The molecule has 10 heteroatoms. The lowest BCUT2D eigenvalue weighted by Crippen LogP contribution is -2.67. The summed E-state index contributed by atoms with van der Waals surface area (Å²) >= 11 is 0. The number of hydrogen-bond donors (Lipinski definition) is 3. The average molecular weight is 493 g/mol. The number of rotatable bonds is 3. The van der Waals surface area contributed by atoms with Gasteiger partial charge in [0, 0.05) is 25.7 Å². The molecule has 0 aromatic heterocycles. The number of nitrogens with one attached hydrogen (secondary N) is 3. The minimum absolute atomic E-state index is 0.0239. The van der Waals surface area contributed by atoms with Gasteiger partial charge in [0.15, 0.2) is 6.23 Å². The first-order valence-electron chi connectivity index (χ1n) is 13.8. The van der Waals surface area contributed by atoms with Crippen LogP contribution in [0.25, 0.3) is 0 Å². The van der Waals surface area contributed by atoms with Crippen molar-refractivity contribution in [3.8, 4) is 0 Å². The highest BCUT2D eigenvalue weighted by atomic mass is 16.6. The van der Waals surface area contributed by atoms with Gasteiger partial charge in [0.2, 0.25) is 0 Å². The van der Waals surface area contributed by atoms with Gasteiger partial charge in [0.25, 0.3) is 0 Å². The lowest BCUT2D eigenvalue weighted by atomic mass is 9.73. The van der Waals surface area contributed by atoms with E-state index in [2.05, 4.69) is 21.1 Å². The van der Waals surface area contributed by atoms with Crippen LogP contribution in [-0.2, 0) is 9.47 Å². The molecule has 0 bridgehead atoms. The minimum Gasteiger partial charge on any atom is -0.453 e. The van der Waals surface area contributed by atoms with E-state index in [1.54, 1.807) is 0 Å². The first kappa shape index (κ1) is 25.0. The molecule has 4 heterocycles. The molecule has 35 heavy (non-hydrogen) atoms. The quantitative estimate of drug-likeness (QED) is 0.548. The summed E-state index contributed by atoms with van der Waals surface area (Å²) in [6, 6.07) is 0.449. The van der Waals surface area contributed by atoms with Gasteiger partial charge in [-0.2, -0.15) is 0 Å². The third kappa shape index (κ3) is 5.40. The van der Waals surface area contributed by atoms with E-state index in [4.69, 9.17) is 9.47 Å². The molecule has 6 atom stereocenters. The van der Waals surface area contributed by atoms with E-state index < -0.39 is 0 Å². The van der Waals surface area contributed by atoms with Gasteiger partial charge in [-0.25, -0.2) is 14.6 Å². The molecule has 0 aromatic carbocycles. The number of carbonyl (C=O) groups is 2. The summed E-state index contributed by atoms with van der Waals surface area (Å²) in [5.74, 6) is 1.08. The number of methoxy groups -OCH3 is 1. The topological polar surface area (TPSA) is 98.4 Å². The van der Waals surface area contributed by atoms with Crippen molar-refractivity contribution in [3.63, 3.8) is 0 Å². The number of hydrogen-bond acceptors (Lipinski definition) is 8. The fourth-order valence-corrected chi connectivity index (χ4v) is 7.15. The molecule has 0 spiro atoms. The molecule has 5 aliphatic rings. The lowest BCUT2D eigenvalue weighted by molar-refractivity contribution is -0.0514. The van der Waals surface area contributed by atoms with E-state index in [0.29, 0.717) is 24.4 Å². The van der Waals surface area contributed by atoms with Gasteiger partial charge in [-0.05, 0) is 89.8 Å². The molecule has 0 radical (unpaired) electrons. The highest BCUT2D eigenvalue weighted by molar-refractivity contribution is 5.72. The number of fused-ring (bicyclic) bond motifs is 1. The van der Waals surface area contributed by atoms with Gasteiger partial charge in [-0.3, -0.25) is 15.6 Å². The van der Waals surface area contributed by atoms with Crippen molar-refractivity contribution >= 4 is 12.2 Å². The number of nitrogens with zero attached hydrogens (tertiary/aromatic N) is 3. The molecule has 4 saturated heterocycles. The van der Waals surface area contributed by atoms with Crippen LogP contribution in [0, 0.1) is 11.8 Å². The fourth-order valence-electron chi connectivity index (χ4n) is 7.15. The van der Waals surface area contributed by atoms with E-state index in [1.165, 1.54) is 20.0 Å². The van der Waals surface area contributed by atoms with Crippen LogP contribution in [0.3, 0.4) is 0 Å². The van der Waals surface area contributed by atoms with Gasteiger partial charge in [-0.1, -0.05) is 0 Å². The zero-order valence-electron chi connectivity index (χ0n) is 21.4. The molecule has 10 nitrogen and oxygen atoms in total. The molecule has 1 saturated carbocycles. The summed E-state index contributed by atoms with van der Waals surface area (Å²) in [5, 5.41) is 9.26. The summed E-state index contributed by atoms with van der Waals surface area (Å²) < 4.78 is 11.1. The molecule has 5 rings (SSSR count). The zero-order valence-corrected chi connectivity index (χ0v) is 21.4. The maximum Gasteiger partial charge on any atom is 0.411 e. The lowest BCUT2D eigenvalue weighted by Gasteiger charge is -2.53. The molecule has 0 aromatic rings. The van der Waals surface area contributed by atoms with Crippen LogP contribution in [0.5, 0.6) is 0 Å². The number of hydrazine groups is 1. The smallest absolute Gasteiger partial charge is 0.411 e. The molecule has 4 aliphatic heterocycles. The van der Waals surface area contributed by atoms with Crippen LogP contribution in [0.2, 0.25) is 0 Å². The summed E-state index contributed by atoms with van der Waals surface area (Å²) in [4.78, 5) is 29.9. The summed E-state index contributed by atoms with van der Waals surface area (Å²) in [7, 11) is 1.45. The van der Waals surface area contributed by atoms with Crippen LogP contribution in [0.4, 0.5) is 9.59 Å². The van der Waals surface area contributed by atoms with Crippen LogP contribution < -0.4 is 16.1 Å². The van der Waals surface area contributed by atoms with Crippen molar-refractivity contribution < 1.29 is 19.1 Å². The number of carbonyl (C=O) groups excluding carboxylic acids is 2. The highest BCUT2D eigenvalue weighted by Crippen LogP contribution is 2.40. The SMILES string of the molecule is COC(=O)N1C2CCC(C3CNN(C4CCNCC4)C3)CC2N(C(=O)OC2CCCCN2)C[C@@H]1C. The predicted molar refractivity (Wildman–Crippen MR) is 132 cm³/mol. The molecule has 2 amide bonds. The fraction of sp³-hybridized carbons (Fsp3) is 0.920. The second-order valence-electron chi connectivity index (χ2n) is 11.2. The van der Waals surface area contributed by atoms with Crippen LogP contribution in [0.1, 0.15) is 58.3 Å². The standard InChI is InChI=1S/C25H44N6O4/c1-17-15-29(24(32)35-23-5-3-4-10-27-23)22-13-18(6-7-21(22)31(17)25(33)34-2)19-14-28-30(16-19)20-8-11-26-12-9-20/h17-23,26-28H,3-16H2,1-2H3/t17-,18?,19?,21?,22?,23?/m0/s1. The Bertz CT molecular complexity index is 743. The van der Waals surface area contributed by atoms with Gasteiger partial charge >= 0.3 is 12.2 Å². The molecule has 3 N–H and O–H groups in total. The minimum atomic E-state index is -0.285. The third-order valence-electron chi connectivity index (χ3n) is 9.05. The van der Waals surface area contributed by atoms with E-state index >= 15 is 0 Å². The van der Waals surface area contributed by atoms with Crippen LogP contribution >= 0.6 is 0 Å². The maximum absolute atomic E-state index is 13.4. The number of piperidine rings is 2. The molecule has 5 fully saturated rings.